The zero-order chi connectivity index (χ0) is 22.8. The molecule has 0 aromatic heterocycles. The molecule has 0 bridgehead atoms. The van der Waals surface area contributed by atoms with E-state index in [9.17, 15) is 19.2 Å². The van der Waals surface area contributed by atoms with Crippen LogP contribution in [0.2, 0.25) is 0 Å². The van der Waals surface area contributed by atoms with Crippen LogP contribution in [0, 0.1) is 0 Å². The number of urea groups is 1. The average Bonchev–Trinajstić information content (AvgIpc) is 2.93. The van der Waals surface area contributed by atoms with Crippen LogP contribution in [0.1, 0.15) is 43.6 Å². The van der Waals surface area contributed by atoms with Gasteiger partial charge in [-0.2, -0.15) is 0 Å². The molecular formula is C22H24N4O5. The van der Waals surface area contributed by atoms with Crippen LogP contribution in [0.5, 0.6) is 0 Å². The molecule has 5 amide bonds. The summed E-state index contributed by atoms with van der Waals surface area (Å²) in [4.78, 5) is 48.3. The summed E-state index contributed by atoms with van der Waals surface area (Å²) < 4.78 is 5.21. The molecule has 1 aliphatic rings. The molecule has 0 spiro atoms. The van der Waals surface area contributed by atoms with Gasteiger partial charge >= 0.3 is 12.1 Å². The van der Waals surface area contributed by atoms with Crippen molar-refractivity contribution in [3.8, 4) is 0 Å². The topological polar surface area (TPSA) is 126 Å². The van der Waals surface area contributed by atoms with Crippen LogP contribution in [0.15, 0.2) is 48.5 Å². The van der Waals surface area contributed by atoms with Crippen LogP contribution >= 0.6 is 0 Å². The summed E-state index contributed by atoms with van der Waals surface area (Å²) in [6.07, 6.45) is -0.622. The third-order valence-corrected chi connectivity index (χ3v) is 4.51. The molecule has 1 heterocycles. The van der Waals surface area contributed by atoms with Crippen molar-refractivity contribution in [2.45, 2.75) is 38.8 Å². The molecule has 1 unspecified atom stereocenters. The van der Waals surface area contributed by atoms with Crippen molar-refractivity contribution in [3.63, 3.8) is 0 Å². The number of amides is 5. The first-order valence-corrected chi connectivity index (χ1v) is 9.62. The summed E-state index contributed by atoms with van der Waals surface area (Å²) in [6.45, 7) is 6.85. The third kappa shape index (κ3) is 5.19. The van der Waals surface area contributed by atoms with E-state index in [0.717, 1.165) is 0 Å². The number of rotatable bonds is 4. The zero-order valence-corrected chi connectivity index (χ0v) is 17.7. The Morgan fingerprint density at radius 2 is 1.61 bits per heavy atom. The van der Waals surface area contributed by atoms with E-state index in [2.05, 4.69) is 21.3 Å². The van der Waals surface area contributed by atoms with Crippen molar-refractivity contribution < 1.29 is 23.9 Å². The SMILES string of the molecule is CC(C)(C)OC(=O)Nc1cccc(C(=O)Nc2cccc(C3(C)NC(=O)NC3=O)c2)c1. The average molecular weight is 424 g/mol. The maximum Gasteiger partial charge on any atom is 0.412 e. The molecule has 9 heteroatoms. The van der Waals surface area contributed by atoms with Crippen molar-refractivity contribution in [3.05, 3.63) is 59.7 Å². The normalized spacial score (nSPS) is 18.1. The van der Waals surface area contributed by atoms with Crippen LogP contribution in [0.25, 0.3) is 0 Å². The highest BCUT2D eigenvalue weighted by molar-refractivity contribution is 6.08. The van der Waals surface area contributed by atoms with Gasteiger partial charge in [-0.1, -0.05) is 18.2 Å². The molecule has 4 N–H and O–H groups in total. The fourth-order valence-corrected chi connectivity index (χ4v) is 3.02. The second-order valence-corrected chi connectivity index (χ2v) is 8.28. The molecule has 1 saturated heterocycles. The molecule has 0 aliphatic carbocycles. The molecule has 0 saturated carbocycles. The van der Waals surface area contributed by atoms with Crippen LogP contribution in [0.3, 0.4) is 0 Å². The van der Waals surface area contributed by atoms with Gasteiger partial charge in [0.15, 0.2) is 0 Å². The monoisotopic (exact) mass is 424 g/mol. The quantitative estimate of drug-likeness (QED) is 0.560. The molecule has 1 atom stereocenters. The standard InChI is InChI=1S/C22H24N4O5/c1-21(2,3)31-20(30)24-15-9-5-7-13(11-15)17(27)23-16-10-6-8-14(12-16)22(4)18(28)25-19(29)26-22/h5-12H,1-4H3,(H,23,27)(H,24,30)(H2,25,26,28,29). The number of nitrogens with one attached hydrogen (secondary N) is 4. The third-order valence-electron chi connectivity index (χ3n) is 4.51. The first-order chi connectivity index (χ1) is 14.5. The molecule has 1 fully saturated rings. The molecule has 1 aliphatic heterocycles. The number of benzene rings is 2. The Hall–Kier alpha value is -3.88. The van der Waals surface area contributed by atoms with Crippen molar-refractivity contribution in [2.24, 2.45) is 0 Å². The Morgan fingerprint density at radius 1 is 0.968 bits per heavy atom. The van der Waals surface area contributed by atoms with Crippen LogP contribution in [0.4, 0.5) is 21.0 Å². The van der Waals surface area contributed by atoms with E-state index in [0.29, 0.717) is 22.5 Å². The minimum atomic E-state index is -1.23. The minimum absolute atomic E-state index is 0.317. The van der Waals surface area contributed by atoms with Gasteiger partial charge < -0.3 is 15.4 Å². The first-order valence-electron chi connectivity index (χ1n) is 9.62. The molecule has 9 nitrogen and oxygen atoms in total. The Labute approximate surface area is 179 Å². The Morgan fingerprint density at radius 3 is 2.23 bits per heavy atom. The van der Waals surface area contributed by atoms with Gasteiger partial charge in [0, 0.05) is 16.9 Å². The first kappa shape index (κ1) is 21.8. The number of imide groups is 1. The van der Waals surface area contributed by atoms with E-state index >= 15 is 0 Å². The lowest BCUT2D eigenvalue weighted by Crippen LogP contribution is -2.40. The number of anilines is 2. The van der Waals surface area contributed by atoms with Crippen molar-refractivity contribution >= 4 is 35.3 Å². The van der Waals surface area contributed by atoms with E-state index < -0.39 is 35.1 Å². The lowest BCUT2D eigenvalue weighted by Gasteiger charge is -2.21. The van der Waals surface area contributed by atoms with E-state index in [1.165, 1.54) is 6.07 Å². The molecular weight excluding hydrogens is 400 g/mol. The van der Waals surface area contributed by atoms with E-state index in [1.54, 1.807) is 70.2 Å². The number of hydrogen-bond acceptors (Lipinski definition) is 5. The van der Waals surface area contributed by atoms with E-state index in [-0.39, 0.29) is 0 Å². The van der Waals surface area contributed by atoms with E-state index in [1.807, 2.05) is 0 Å². The molecule has 3 rings (SSSR count). The highest BCUT2D eigenvalue weighted by atomic mass is 16.6. The van der Waals surface area contributed by atoms with Gasteiger partial charge in [0.05, 0.1) is 0 Å². The van der Waals surface area contributed by atoms with Gasteiger partial charge in [0.1, 0.15) is 11.1 Å². The number of hydrogen-bond donors (Lipinski definition) is 4. The van der Waals surface area contributed by atoms with Crippen molar-refractivity contribution in [2.75, 3.05) is 10.6 Å². The Kier molecular flexibility index (Phi) is 5.70. The fraction of sp³-hybridized carbons (Fsp3) is 0.273. The van der Waals surface area contributed by atoms with Gasteiger partial charge in [-0.3, -0.25) is 20.2 Å². The molecule has 2 aromatic carbocycles. The van der Waals surface area contributed by atoms with E-state index in [4.69, 9.17) is 4.74 Å². The molecule has 31 heavy (non-hydrogen) atoms. The number of ether oxygens (including phenoxy) is 1. The van der Waals surface area contributed by atoms with Gasteiger partial charge in [-0.05, 0) is 63.6 Å². The molecule has 0 radical (unpaired) electrons. The second kappa shape index (κ2) is 8.10. The maximum atomic E-state index is 12.7. The summed E-state index contributed by atoms with van der Waals surface area (Å²) in [5.74, 6) is -0.878. The molecule has 162 valence electrons. The summed E-state index contributed by atoms with van der Waals surface area (Å²) in [5, 5.41) is 10.1. The van der Waals surface area contributed by atoms with Crippen molar-refractivity contribution in [1.29, 1.82) is 0 Å². The van der Waals surface area contributed by atoms with Crippen LogP contribution in [-0.4, -0.2) is 29.5 Å². The smallest absolute Gasteiger partial charge is 0.412 e. The molecule has 2 aromatic rings. The second-order valence-electron chi connectivity index (χ2n) is 8.28. The summed E-state index contributed by atoms with van der Waals surface area (Å²) in [7, 11) is 0. The minimum Gasteiger partial charge on any atom is -0.444 e. The van der Waals surface area contributed by atoms with Crippen molar-refractivity contribution in [1.82, 2.24) is 10.6 Å². The predicted octanol–water partition coefficient (Wildman–Crippen LogP) is 3.34. The lowest BCUT2D eigenvalue weighted by molar-refractivity contribution is -0.123. The largest absolute Gasteiger partial charge is 0.444 e. The van der Waals surface area contributed by atoms with Gasteiger partial charge in [-0.15, -0.1) is 0 Å². The van der Waals surface area contributed by atoms with Gasteiger partial charge in [0.2, 0.25) is 0 Å². The number of carbonyl (C=O) groups is 4. The fourth-order valence-electron chi connectivity index (χ4n) is 3.02. The predicted molar refractivity (Wildman–Crippen MR) is 115 cm³/mol. The van der Waals surface area contributed by atoms with Gasteiger partial charge in [-0.25, -0.2) is 9.59 Å². The summed E-state index contributed by atoms with van der Waals surface area (Å²) in [6, 6.07) is 12.5. The maximum absolute atomic E-state index is 12.7. The highest BCUT2D eigenvalue weighted by Crippen LogP contribution is 2.27. The van der Waals surface area contributed by atoms with Crippen LogP contribution < -0.4 is 21.3 Å². The van der Waals surface area contributed by atoms with Crippen LogP contribution in [-0.2, 0) is 15.1 Å². The summed E-state index contributed by atoms with van der Waals surface area (Å²) >= 11 is 0. The van der Waals surface area contributed by atoms with Gasteiger partial charge in [0.25, 0.3) is 11.8 Å². The zero-order valence-electron chi connectivity index (χ0n) is 17.7. The highest BCUT2D eigenvalue weighted by Gasteiger charge is 2.43. The Bertz CT molecular complexity index is 1060. The lowest BCUT2D eigenvalue weighted by atomic mass is 9.92. The number of carbonyl (C=O) groups excluding carboxylic acids is 4. The summed E-state index contributed by atoms with van der Waals surface area (Å²) in [5.41, 5.74) is -0.173. The Balaban J connectivity index is 1.73.